The molecule has 1 aliphatic heterocycles. The summed E-state index contributed by atoms with van der Waals surface area (Å²) in [4.78, 5) is 14.5. The molecule has 2 N–H and O–H groups in total. The van der Waals surface area contributed by atoms with Crippen LogP contribution in [0, 0.1) is 11.3 Å². The maximum Gasteiger partial charge on any atom is 0.337 e. The van der Waals surface area contributed by atoms with Gasteiger partial charge in [-0.1, -0.05) is 38.1 Å². The van der Waals surface area contributed by atoms with Crippen molar-refractivity contribution in [2.45, 2.75) is 46.0 Å². The highest BCUT2D eigenvalue weighted by Gasteiger charge is 2.33. The zero-order chi connectivity index (χ0) is 18.3. The third-order valence-electron chi connectivity index (χ3n) is 5.92. The summed E-state index contributed by atoms with van der Waals surface area (Å²) in [7, 11) is 0. The average molecular weight is 370 g/mol. The van der Waals surface area contributed by atoms with Gasteiger partial charge in [0.2, 0.25) is 0 Å². The lowest BCUT2D eigenvalue weighted by molar-refractivity contribution is 0.0696. The van der Waals surface area contributed by atoms with Crippen molar-refractivity contribution in [2.24, 2.45) is 11.3 Å². The monoisotopic (exact) mass is 369 g/mol. The molecule has 0 amide bonds. The number of aryl methyl sites for hydroxylation is 1. The standard InChI is InChI=1S/C22H27NO2S/c1-22(2)9-7-18-17(12-22)19(21(24)25)20(26-18)16-6-4-3-5-15(16)11-14-8-10-23-13-14/h3-6,14,23H,7-13H2,1-2H3,(H,24,25)/t14-/m0/s1. The van der Waals surface area contributed by atoms with Crippen molar-refractivity contribution in [3.63, 3.8) is 0 Å². The second-order valence-electron chi connectivity index (χ2n) is 8.57. The van der Waals surface area contributed by atoms with Gasteiger partial charge in [0.25, 0.3) is 0 Å². The predicted octanol–water partition coefficient (Wildman–Crippen LogP) is 4.78. The first-order valence-corrected chi connectivity index (χ1v) is 10.4. The van der Waals surface area contributed by atoms with E-state index in [0.29, 0.717) is 11.5 Å². The Morgan fingerprint density at radius 1 is 1.35 bits per heavy atom. The van der Waals surface area contributed by atoms with Crippen LogP contribution in [0.5, 0.6) is 0 Å². The maximum atomic E-state index is 12.2. The third kappa shape index (κ3) is 3.33. The number of fused-ring (bicyclic) bond motifs is 1. The molecule has 0 spiro atoms. The largest absolute Gasteiger partial charge is 0.478 e. The highest BCUT2D eigenvalue weighted by atomic mass is 32.1. The zero-order valence-corrected chi connectivity index (χ0v) is 16.4. The van der Waals surface area contributed by atoms with Crippen molar-refractivity contribution in [3.05, 3.63) is 45.8 Å². The van der Waals surface area contributed by atoms with Gasteiger partial charge in [-0.25, -0.2) is 4.79 Å². The van der Waals surface area contributed by atoms with Crippen molar-refractivity contribution in [2.75, 3.05) is 13.1 Å². The fourth-order valence-corrected chi connectivity index (χ4v) is 5.83. The van der Waals surface area contributed by atoms with Crippen LogP contribution in [0.25, 0.3) is 10.4 Å². The summed E-state index contributed by atoms with van der Waals surface area (Å²) in [5, 5.41) is 13.5. The second-order valence-corrected chi connectivity index (χ2v) is 9.68. The molecule has 2 heterocycles. The van der Waals surface area contributed by atoms with Crippen LogP contribution in [0.2, 0.25) is 0 Å². The van der Waals surface area contributed by atoms with E-state index in [9.17, 15) is 9.90 Å². The molecular formula is C22H27NO2S. The van der Waals surface area contributed by atoms with E-state index in [1.54, 1.807) is 11.3 Å². The van der Waals surface area contributed by atoms with Gasteiger partial charge in [-0.2, -0.15) is 0 Å². The Morgan fingerprint density at radius 3 is 2.88 bits per heavy atom. The second kappa shape index (κ2) is 6.82. The molecule has 1 aliphatic carbocycles. The number of carboxylic acids is 1. The van der Waals surface area contributed by atoms with E-state index in [-0.39, 0.29) is 5.41 Å². The lowest BCUT2D eigenvalue weighted by Gasteiger charge is -2.29. The van der Waals surface area contributed by atoms with Gasteiger partial charge in [0.05, 0.1) is 5.56 Å². The minimum atomic E-state index is -0.771. The summed E-state index contributed by atoms with van der Waals surface area (Å²) in [6.45, 7) is 6.66. The molecule has 1 aromatic heterocycles. The summed E-state index contributed by atoms with van der Waals surface area (Å²) in [5.41, 5.74) is 4.27. The van der Waals surface area contributed by atoms with E-state index in [0.717, 1.165) is 54.8 Å². The SMILES string of the molecule is CC1(C)CCc2sc(-c3ccccc3C[C@@H]3CCNC3)c(C(=O)O)c2C1. The van der Waals surface area contributed by atoms with Crippen LogP contribution in [-0.2, 0) is 19.3 Å². The Kier molecular flexibility index (Phi) is 4.66. The van der Waals surface area contributed by atoms with Gasteiger partial charge in [-0.3, -0.25) is 0 Å². The number of aromatic carboxylic acids is 1. The van der Waals surface area contributed by atoms with E-state index in [1.165, 1.54) is 16.9 Å². The molecule has 2 aliphatic rings. The predicted molar refractivity (Wildman–Crippen MR) is 107 cm³/mol. The topological polar surface area (TPSA) is 49.3 Å². The molecule has 1 aromatic carbocycles. The normalized spacial score (nSPS) is 21.5. The molecule has 3 nitrogen and oxygen atoms in total. The van der Waals surface area contributed by atoms with Crippen LogP contribution in [0.15, 0.2) is 24.3 Å². The Balaban J connectivity index is 1.79. The van der Waals surface area contributed by atoms with Crippen LogP contribution in [0.3, 0.4) is 0 Å². The van der Waals surface area contributed by atoms with Crippen LogP contribution < -0.4 is 5.32 Å². The molecule has 138 valence electrons. The molecule has 2 aromatic rings. The van der Waals surface area contributed by atoms with Gasteiger partial charge in [-0.05, 0) is 73.2 Å². The van der Waals surface area contributed by atoms with Crippen LogP contribution in [0.1, 0.15) is 53.1 Å². The quantitative estimate of drug-likeness (QED) is 0.815. The molecule has 4 rings (SSSR count). The van der Waals surface area contributed by atoms with Crippen molar-refractivity contribution in [1.82, 2.24) is 5.32 Å². The molecule has 4 heteroatoms. The van der Waals surface area contributed by atoms with Crippen molar-refractivity contribution >= 4 is 17.3 Å². The van der Waals surface area contributed by atoms with Crippen molar-refractivity contribution in [1.29, 1.82) is 0 Å². The van der Waals surface area contributed by atoms with Gasteiger partial charge in [-0.15, -0.1) is 11.3 Å². The Bertz CT molecular complexity index is 831. The number of nitrogens with one attached hydrogen (secondary N) is 1. The number of carbonyl (C=O) groups is 1. The molecule has 1 saturated heterocycles. The average Bonchev–Trinajstić information content (AvgIpc) is 3.21. The summed E-state index contributed by atoms with van der Waals surface area (Å²) < 4.78 is 0. The smallest absolute Gasteiger partial charge is 0.337 e. The highest BCUT2D eigenvalue weighted by molar-refractivity contribution is 7.16. The number of rotatable bonds is 4. The van der Waals surface area contributed by atoms with Gasteiger partial charge < -0.3 is 10.4 Å². The molecule has 26 heavy (non-hydrogen) atoms. The van der Waals surface area contributed by atoms with Gasteiger partial charge in [0.15, 0.2) is 0 Å². The Morgan fingerprint density at radius 2 is 2.15 bits per heavy atom. The summed E-state index contributed by atoms with van der Waals surface area (Å²) >= 11 is 1.72. The zero-order valence-electron chi connectivity index (χ0n) is 15.6. The van der Waals surface area contributed by atoms with Crippen LogP contribution in [-0.4, -0.2) is 24.2 Å². The molecule has 0 bridgehead atoms. The first-order valence-electron chi connectivity index (χ1n) is 9.61. The van der Waals surface area contributed by atoms with Gasteiger partial charge in [0, 0.05) is 9.75 Å². The number of thiophene rings is 1. The van der Waals surface area contributed by atoms with Crippen LogP contribution >= 0.6 is 11.3 Å². The number of hydrogen-bond donors (Lipinski definition) is 2. The summed E-state index contributed by atoms with van der Waals surface area (Å²) in [6.07, 6.45) is 5.23. The lowest BCUT2D eigenvalue weighted by atomic mass is 9.75. The number of carboxylic acid groups (broad SMARTS) is 1. The summed E-state index contributed by atoms with van der Waals surface area (Å²) in [6, 6.07) is 8.42. The number of benzene rings is 1. The van der Waals surface area contributed by atoms with Gasteiger partial charge in [0.1, 0.15) is 0 Å². The van der Waals surface area contributed by atoms with Crippen LogP contribution in [0.4, 0.5) is 0 Å². The molecule has 1 fully saturated rings. The Hall–Kier alpha value is -1.65. The van der Waals surface area contributed by atoms with E-state index in [2.05, 4.69) is 37.4 Å². The highest BCUT2D eigenvalue weighted by Crippen LogP contribution is 2.46. The molecule has 0 radical (unpaired) electrons. The molecular weight excluding hydrogens is 342 g/mol. The Labute approximate surface area is 159 Å². The fourth-order valence-electron chi connectivity index (χ4n) is 4.46. The first kappa shape index (κ1) is 17.7. The summed E-state index contributed by atoms with van der Waals surface area (Å²) in [5.74, 6) is -0.120. The van der Waals surface area contributed by atoms with Crippen molar-refractivity contribution in [3.8, 4) is 10.4 Å². The number of hydrogen-bond acceptors (Lipinski definition) is 3. The maximum absolute atomic E-state index is 12.2. The molecule has 1 atom stereocenters. The van der Waals surface area contributed by atoms with E-state index in [4.69, 9.17) is 0 Å². The third-order valence-corrected chi connectivity index (χ3v) is 7.25. The van der Waals surface area contributed by atoms with E-state index >= 15 is 0 Å². The molecule has 0 saturated carbocycles. The lowest BCUT2D eigenvalue weighted by Crippen LogP contribution is -2.22. The first-order chi connectivity index (χ1) is 12.4. The minimum absolute atomic E-state index is 0.185. The van der Waals surface area contributed by atoms with E-state index in [1.807, 2.05) is 6.07 Å². The van der Waals surface area contributed by atoms with E-state index < -0.39 is 5.97 Å². The van der Waals surface area contributed by atoms with Gasteiger partial charge >= 0.3 is 5.97 Å². The minimum Gasteiger partial charge on any atom is -0.478 e. The fraction of sp³-hybridized carbons (Fsp3) is 0.500. The molecule has 0 unspecified atom stereocenters. The van der Waals surface area contributed by atoms with Crippen molar-refractivity contribution < 1.29 is 9.90 Å².